The van der Waals surface area contributed by atoms with Crippen LogP contribution in [0.2, 0.25) is 0 Å². The standard InChI is InChI=1S/C19H15N5O2S/c25-19(18-17(9-22-24-18)13-4-6-20-7-5-13)23-14-2-1-3-16(8-14)26-10-15-11-27-12-21-15/h1-9,11-12H,10H2,(H,22,24)(H,23,25). The van der Waals surface area contributed by atoms with E-state index in [1.54, 1.807) is 36.2 Å². The van der Waals surface area contributed by atoms with E-state index in [9.17, 15) is 4.79 Å². The summed E-state index contributed by atoms with van der Waals surface area (Å²) in [5, 5.41) is 11.6. The topological polar surface area (TPSA) is 92.8 Å². The summed E-state index contributed by atoms with van der Waals surface area (Å²) in [5.74, 6) is 0.371. The van der Waals surface area contributed by atoms with Gasteiger partial charge >= 0.3 is 0 Å². The third-order valence-corrected chi connectivity index (χ3v) is 4.46. The maximum absolute atomic E-state index is 12.7. The molecule has 0 bridgehead atoms. The normalized spacial score (nSPS) is 10.5. The van der Waals surface area contributed by atoms with E-state index >= 15 is 0 Å². The van der Waals surface area contributed by atoms with Gasteiger partial charge in [0.2, 0.25) is 0 Å². The molecule has 3 aromatic heterocycles. The highest BCUT2D eigenvalue weighted by Crippen LogP contribution is 2.23. The molecule has 1 amide bonds. The predicted molar refractivity (Wildman–Crippen MR) is 103 cm³/mol. The van der Waals surface area contributed by atoms with E-state index in [1.165, 1.54) is 11.3 Å². The second-order valence-electron chi connectivity index (χ2n) is 5.64. The molecule has 0 fully saturated rings. The molecular formula is C19H15N5O2S. The molecule has 0 saturated carbocycles. The Morgan fingerprint density at radius 1 is 1.22 bits per heavy atom. The summed E-state index contributed by atoms with van der Waals surface area (Å²) in [6, 6.07) is 10.9. The molecule has 1 aromatic carbocycles. The SMILES string of the molecule is O=C(Nc1cccc(OCc2cscn2)c1)c1[nH]ncc1-c1ccncc1. The van der Waals surface area contributed by atoms with E-state index in [0.717, 1.165) is 11.3 Å². The second kappa shape index (κ2) is 7.79. The summed E-state index contributed by atoms with van der Waals surface area (Å²) in [4.78, 5) is 20.9. The molecule has 0 spiro atoms. The lowest BCUT2D eigenvalue weighted by Gasteiger charge is -2.09. The fourth-order valence-electron chi connectivity index (χ4n) is 2.53. The number of aromatic nitrogens is 4. The Bertz CT molecular complexity index is 1030. The Balaban J connectivity index is 1.47. The van der Waals surface area contributed by atoms with Crippen LogP contribution in [0.3, 0.4) is 0 Å². The third-order valence-electron chi connectivity index (χ3n) is 3.82. The third kappa shape index (κ3) is 4.01. The lowest BCUT2D eigenvalue weighted by Crippen LogP contribution is -2.13. The largest absolute Gasteiger partial charge is 0.487 e. The smallest absolute Gasteiger partial charge is 0.274 e. The van der Waals surface area contributed by atoms with Gasteiger partial charge in [-0.1, -0.05) is 6.07 Å². The van der Waals surface area contributed by atoms with Crippen LogP contribution in [0.4, 0.5) is 5.69 Å². The maximum Gasteiger partial charge on any atom is 0.274 e. The number of ether oxygens (including phenoxy) is 1. The first-order valence-corrected chi connectivity index (χ1v) is 9.09. The van der Waals surface area contributed by atoms with E-state index in [4.69, 9.17) is 4.74 Å². The molecule has 0 aliphatic heterocycles. The van der Waals surface area contributed by atoms with Gasteiger partial charge in [-0.2, -0.15) is 5.10 Å². The number of benzene rings is 1. The summed E-state index contributed by atoms with van der Waals surface area (Å²) in [5.41, 5.74) is 5.23. The van der Waals surface area contributed by atoms with Crippen molar-refractivity contribution in [2.75, 3.05) is 5.32 Å². The molecule has 4 rings (SSSR count). The van der Waals surface area contributed by atoms with Crippen LogP contribution >= 0.6 is 11.3 Å². The predicted octanol–water partition coefficient (Wildman–Crippen LogP) is 3.76. The molecular weight excluding hydrogens is 362 g/mol. The molecule has 0 atom stereocenters. The number of rotatable bonds is 6. The van der Waals surface area contributed by atoms with Crippen molar-refractivity contribution >= 4 is 22.9 Å². The van der Waals surface area contributed by atoms with Crippen LogP contribution in [0.15, 0.2) is 65.9 Å². The van der Waals surface area contributed by atoms with Gasteiger partial charge in [-0.3, -0.25) is 14.9 Å². The number of nitrogens with zero attached hydrogens (tertiary/aromatic N) is 3. The van der Waals surface area contributed by atoms with Crippen molar-refractivity contribution < 1.29 is 9.53 Å². The van der Waals surface area contributed by atoms with Gasteiger partial charge < -0.3 is 10.1 Å². The number of hydrogen-bond acceptors (Lipinski definition) is 6. The minimum Gasteiger partial charge on any atom is -0.487 e. The zero-order chi connectivity index (χ0) is 18.5. The van der Waals surface area contributed by atoms with Gasteiger partial charge in [0.05, 0.1) is 17.4 Å². The van der Waals surface area contributed by atoms with Gasteiger partial charge in [0.1, 0.15) is 18.1 Å². The van der Waals surface area contributed by atoms with Crippen molar-refractivity contribution in [1.82, 2.24) is 20.2 Å². The van der Waals surface area contributed by atoms with E-state index in [0.29, 0.717) is 29.3 Å². The Hall–Kier alpha value is -3.52. The first-order chi connectivity index (χ1) is 13.3. The quantitative estimate of drug-likeness (QED) is 0.534. The number of pyridine rings is 1. The van der Waals surface area contributed by atoms with Crippen LogP contribution in [0.1, 0.15) is 16.2 Å². The number of carbonyl (C=O) groups excluding carboxylic acids is 1. The lowest BCUT2D eigenvalue weighted by molar-refractivity contribution is 0.102. The van der Waals surface area contributed by atoms with Crippen molar-refractivity contribution in [2.24, 2.45) is 0 Å². The Labute approximate surface area is 159 Å². The van der Waals surface area contributed by atoms with Crippen LogP contribution in [-0.2, 0) is 6.61 Å². The molecule has 3 heterocycles. The zero-order valence-corrected chi connectivity index (χ0v) is 14.9. The van der Waals surface area contributed by atoms with E-state index < -0.39 is 0 Å². The Kier molecular flexibility index (Phi) is 4.88. The van der Waals surface area contributed by atoms with Gasteiger partial charge in [-0.05, 0) is 29.8 Å². The average Bonchev–Trinajstić information content (AvgIpc) is 3.39. The molecule has 0 aliphatic carbocycles. The molecule has 0 saturated heterocycles. The van der Waals surface area contributed by atoms with Gasteiger partial charge in [-0.15, -0.1) is 11.3 Å². The summed E-state index contributed by atoms with van der Waals surface area (Å²) in [7, 11) is 0. The Morgan fingerprint density at radius 3 is 2.93 bits per heavy atom. The number of carbonyl (C=O) groups is 1. The number of anilines is 1. The van der Waals surface area contributed by atoms with E-state index in [1.807, 2.05) is 29.6 Å². The molecule has 0 radical (unpaired) electrons. The zero-order valence-electron chi connectivity index (χ0n) is 14.1. The maximum atomic E-state index is 12.7. The number of hydrogen-bond donors (Lipinski definition) is 2. The summed E-state index contributed by atoms with van der Waals surface area (Å²) < 4.78 is 5.72. The fraction of sp³-hybridized carbons (Fsp3) is 0.0526. The summed E-state index contributed by atoms with van der Waals surface area (Å²) in [6.45, 7) is 0.383. The van der Waals surface area contributed by atoms with Crippen molar-refractivity contribution in [3.8, 4) is 16.9 Å². The molecule has 134 valence electrons. The van der Waals surface area contributed by atoms with Gasteiger partial charge in [0.15, 0.2) is 0 Å². The van der Waals surface area contributed by atoms with Gasteiger partial charge in [-0.25, -0.2) is 4.98 Å². The van der Waals surface area contributed by atoms with Crippen LogP contribution in [0, 0.1) is 0 Å². The van der Waals surface area contributed by atoms with Crippen molar-refractivity contribution in [1.29, 1.82) is 0 Å². The fourth-order valence-corrected chi connectivity index (χ4v) is 3.08. The molecule has 27 heavy (non-hydrogen) atoms. The highest BCUT2D eigenvalue weighted by Gasteiger charge is 2.15. The van der Waals surface area contributed by atoms with Crippen LogP contribution in [0.5, 0.6) is 5.75 Å². The van der Waals surface area contributed by atoms with Crippen LogP contribution in [-0.4, -0.2) is 26.1 Å². The first kappa shape index (κ1) is 16.9. The summed E-state index contributed by atoms with van der Waals surface area (Å²) >= 11 is 1.52. The van der Waals surface area contributed by atoms with Crippen molar-refractivity contribution in [2.45, 2.75) is 6.61 Å². The average molecular weight is 377 g/mol. The number of aromatic amines is 1. The molecule has 7 nitrogen and oxygen atoms in total. The van der Waals surface area contributed by atoms with Crippen molar-refractivity contribution in [3.05, 3.63) is 77.3 Å². The Morgan fingerprint density at radius 2 is 2.11 bits per heavy atom. The number of nitrogens with one attached hydrogen (secondary N) is 2. The van der Waals surface area contributed by atoms with Crippen LogP contribution in [0.25, 0.3) is 11.1 Å². The van der Waals surface area contributed by atoms with Crippen LogP contribution < -0.4 is 10.1 Å². The summed E-state index contributed by atoms with van der Waals surface area (Å²) in [6.07, 6.45) is 4.97. The van der Waals surface area contributed by atoms with Gasteiger partial charge in [0.25, 0.3) is 5.91 Å². The van der Waals surface area contributed by atoms with E-state index in [2.05, 4.69) is 25.5 Å². The van der Waals surface area contributed by atoms with Crippen molar-refractivity contribution in [3.63, 3.8) is 0 Å². The monoisotopic (exact) mass is 377 g/mol. The molecule has 8 heteroatoms. The molecule has 0 aliphatic rings. The highest BCUT2D eigenvalue weighted by molar-refractivity contribution is 7.07. The number of thiazole rings is 1. The van der Waals surface area contributed by atoms with E-state index in [-0.39, 0.29) is 5.91 Å². The second-order valence-corrected chi connectivity index (χ2v) is 6.36. The highest BCUT2D eigenvalue weighted by atomic mass is 32.1. The molecule has 2 N–H and O–H groups in total. The minimum absolute atomic E-state index is 0.282. The van der Waals surface area contributed by atoms with Gasteiger partial charge in [0, 0.05) is 35.1 Å². The molecule has 0 unspecified atom stereocenters. The molecule has 4 aromatic rings. The number of amides is 1. The first-order valence-electron chi connectivity index (χ1n) is 8.14. The minimum atomic E-state index is -0.282. The lowest BCUT2D eigenvalue weighted by atomic mass is 10.1. The number of H-pyrrole nitrogens is 1.